The highest BCUT2D eigenvalue weighted by atomic mass is 16.7. The molecule has 0 unspecified atom stereocenters. The first-order valence-corrected chi connectivity index (χ1v) is 4.26. The van der Waals surface area contributed by atoms with Crippen LogP contribution in [0.4, 0.5) is 4.79 Å². The number of carbonyl (C=O) groups is 2. The van der Waals surface area contributed by atoms with Gasteiger partial charge in [-0.3, -0.25) is 4.84 Å². The molecule has 0 aromatic carbocycles. The van der Waals surface area contributed by atoms with Gasteiger partial charge in [0.25, 0.3) is 0 Å². The Labute approximate surface area is 82.2 Å². The monoisotopic (exact) mass is 202 g/mol. The highest BCUT2D eigenvalue weighted by Gasteiger charge is 2.08. The van der Waals surface area contributed by atoms with Crippen molar-refractivity contribution in [3.8, 4) is 0 Å². The molecule has 0 aliphatic rings. The minimum absolute atomic E-state index is 0.276. The average Bonchev–Trinajstić information content (AvgIpc) is 2.02. The molecule has 6 nitrogen and oxygen atoms in total. The van der Waals surface area contributed by atoms with Gasteiger partial charge in [-0.05, 0) is 19.0 Å². The van der Waals surface area contributed by atoms with Crippen molar-refractivity contribution in [2.45, 2.75) is 33.8 Å². The Morgan fingerprint density at radius 1 is 1.14 bits per heavy atom. The van der Waals surface area contributed by atoms with E-state index in [9.17, 15) is 9.59 Å². The molecular weight excluding hydrogens is 188 g/mol. The van der Waals surface area contributed by atoms with Crippen LogP contribution in [0.1, 0.15) is 27.7 Å². The molecule has 0 aromatic heterocycles. The first kappa shape index (κ1) is 12.5. The van der Waals surface area contributed by atoms with Crippen molar-refractivity contribution in [3.05, 3.63) is 0 Å². The van der Waals surface area contributed by atoms with Crippen LogP contribution < -0.4 is 0 Å². The molecule has 0 spiro atoms. The van der Waals surface area contributed by atoms with E-state index in [2.05, 4.69) is 20.0 Å². The molecule has 1 amide bonds. The molecule has 14 heavy (non-hydrogen) atoms. The Balaban J connectivity index is 3.83. The molecule has 0 bridgehead atoms. The molecule has 0 heterocycles. The molecule has 0 saturated carbocycles. The maximum atomic E-state index is 10.8. The molecule has 0 aliphatic carbocycles. The molecule has 0 radical (unpaired) electrons. The molecule has 0 atom stereocenters. The van der Waals surface area contributed by atoms with E-state index < -0.39 is 12.1 Å². The Morgan fingerprint density at radius 2 is 1.71 bits per heavy atom. The van der Waals surface area contributed by atoms with Gasteiger partial charge in [-0.1, -0.05) is 13.8 Å². The van der Waals surface area contributed by atoms with Crippen LogP contribution in [0.15, 0.2) is 10.4 Å². The largest absolute Gasteiger partial charge is 0.455 e. The van der Waals surface area contributed by atoms with Gasteiger partial charge in [-0.15, -0.1) is 0 Å². The van der Waals surface area contributed by atoms with Crippen molar-refractivity contribution in [1.29, 1.82) is 0 Å². The van der Waals surface area contributed by atoms with Crippen molar-refractivity contribution in [2.75, 3.05) is 0 Å². The Bertz CT molecular complexity index is 235. The second-order valence-electron chi connectivity index (χ2n) is 3.18. The van der Waals surface area contributed by atoms with Crippen LogP contribution in [0.5, 0.6) is 0 Å². The molecule has 0 aromatic rings. The third-order valence-electron chi connectivity index (χ3n) is 1.06. The fourth-order valence-electron chi connectivity index (χ4n) is 0.425. The summed E-state index contributed by atoms with van der Waals surface area (Å²) in [6, 6.07) is 0. The number of ether oxygens (including phenoxy) is 1. The molecule has 0 aliphatic heterocycles. The van der Waals surface area contributed by atoms with Crippen molar-refractivity contribution >= 4 is 12.1 Å². The van der Waals surface area contributed by atoms with Crippen LogP contribution in [0.25, 0.3) is 0 Å². The van der Waals surface area contributed by atoms with Crippen molar-refractivity contribution in [3.63, 3.8) is 0 Å². The predicted molar refractivity (Wildman–Crippen MR) is 47.4 cm³/mol. The first-order valence-electron chi connectivity index (χ1n) is 4.26. The predicted octanol–water partition coefficient (Wildman–Crippen LogP) is 2.10. The minimum Gasteiger partial charge on any atom is -0.444 e. The average molecular weight is 202 g/mol. The lowest BCUT2D eigenvalue weighted by Crippen LogP contribution is -2.09. The van der Waals surface area contributed by atoms with Crippen LogP contribution in [-0.4, -0.2) is 18.2 Å². The van der Waals surface area contributed by atoms with Crippen molar-refractivity contribution in [2.24, 2.45) is 16.3 Å². The SMILES string of the molecule is CC(C)OC(=O)N=NOC(=O)C(C)C. The fourth-order valence-corrected chi connectivity index (χ4v) is 0.425. The Morgan fingerprint density at radius 3 is 2.14 bits per heavy atom. The molecule has 0 rings (SSSR count). The summed E-state index contributed by atoms with van der Waals surface area (Å²) in [5, 5.41) is 5.95. The van der Waals surface area contributed by atoms with Gasteiger partial charge in [0.05, 0.1) is 12.0 Å². The lowest BCUT2D eigenvalue weighted by molar-refractivity contribution is -0.148. The van der Waals surface area contributed by atoms with Gasteiger partial charge in [0.2, 0.25) is 0 Å². The number of rotatable bonds is 3. The van der Waals surface area contributed by atoms with E-state index in [1.165, 1.54) is 0 Å². The van der Waals surface area contributed by atoms with E-state index in [1.807, 2.05) is 0 Å². The lowest BCUT2D eigenvalue weighted by Gasteiger charge is -2.02. The summed E-state index contributed by atoms with van der Waals surface area (Å²) in [6.45, 7) is 6.63. The van der Waals surface area contributed by atoms with Crippen molar-refractivity contribution in [1.82, 2.24) is 0 Å². The van der Waals surface area contributed by atoms with Crippen LogP contribution in [0, 0.1) is 5.92 Å². The molecule has 6 heteroatoms. The van der Waals surface area contributed by atoms with Crippen LogP contribution in [0.2, 0.25) is 0 Å². The van der Waals surface area contributed by atoms with E-state index in [4.69, 9.17) is 0 Å². The van der Waals surface area contributed by atoms with Gasteiger partial charge in [0.1, 0.15) is 0 Å². The zero-order chi connectivity index (χ0) is 11.1. The Kier molecular flexibility index (Phi) is 5.43. The highest BCUT2D eigenvalue weighted by Crippen LogP contribution is 1.98. The van der Waals surface area contributed by atoms with Gasteiger partial charge in [0.15, 0.2) is 0 Å². The van der Waals surface area contributed by atoms with Gasteiger partial charge < -0.3 is 4.74 Å². The van der Waals surface area contributed by atoms with Crippen LogP contribution >= 0.6 is 0 Å². The van der Waals surface area contributed by atoms with Crippen molar-refractivity contribution < 1.29 is 19.2 Å². The topological polar surface area (TPSA) is 77.3 Å². The summed E-state index contributed by atoms with van der Waals surface area (Å²) in [4.78, 5) is 25.8. The second-order valence-corrected chi connectivity index (χ2v) is 3.18. The summed E-state index contributed by atoms with van der Waals surface area (Å²) in [7, 11) is 0. The molecular formula is C8H14N2O4. The third kappa shape index (κ3) is 6.10. The number of hydrogen-bond donors (Lipinski definition) is 0. The van der Waals surface area contributed by atoms with Gasteiger partial charge in [-0.2, -0.15) is 0 Å². The summed E-state index contributed by atoms with van der Waals surface area (Å²) < 4.78 is 4.60. The molecule has 80 valence electrons. The van der Waals surface area contributed by atoms with E-state index in [0.717, 1.165) is 0 Å². The zero-order valence-electron chi connectivity index (χ0n) is 8.68. The number of hydrogen-bond acceptors (Lipinski definition) is 5. The smallest absolute Gasteiger partial charge is 0.444 e. The standard InChI is InChI=1S/C8H14N2O4/c1-5(2)7(11)14-10-9-8(12)13-6(3)4/h5-6H,1-4H3. The fraction of sp³-hybridized carbons (Fsp3) is 0.750. The summed E-state index contributed by atoms with van der Waals surface area (Å²) in [5.74, 6) is -0.860. The molecule has 0 fully saturated rings. The highest BCUT2D eigenvalue weighted by molar-refractivity contribution is 5.71. The normalized spacial score (nSPS) is 11.0. The van der Waals surface area contributed by atoms with Gasteiger partial charge >= 0.3 is 12.1 Å². The van der Waals surface area contributed by atoms with E-state index in [1.54, 1.807) is 27.7 Å². The van der Waals surface area contributed by atoms with Crippen LogP contribution in [-0.2, 0) is 14.4 Å². The maximum absolute atomic E-state index is 10.8. The van der Waals surface area contributed by atoms with Gasteiger partial charge in [0, 0.05) is 5.28 Å². The number of carbonyl (C=O) groups excluding carboxylic acids is 2. The molecule has 0 N–H and O–H groups in total. The maximum Gasteiger partial charge on any atom is 0.455 e. The quantitative estimate of drug-likeness (QED) is 0.518. The first-order chi connectivity index (χ1) is 6.43. The van der Waals surface area contributed by atoms with Crippen LogP contribution in [0.3, 0.4) is 0 Å². The summed E-state index contributed by atoms with van der Waals surface area (Å²) in [5.41, 5.74) is 0. The van der Waals surface area contributed by atoms with E-state index in [0.29, 0.717) is 0 Å². The van der Waals surface area contributed by atoms with E-state index >= 15 is 0 Å². The summed E-state index contributed by atoms with van der Waals surface area (Å²) in [6.07, 6.45) is -1.15. The minimum atomic E-state index is -0.878. The summed E-state index contributed by atoms with van der Waals surface area (Å²) >= 11 is 0. The Hall–Kier alpha value is -1.46. The number of amides is 1. The lowest BCUT2D eigenvalue weighted by atomic mass is 10.2. The van der Waals surface area contributed by atoms with E-state index in [-0.39, 0.29) is 12.0 Å². The number of nitrogens with zero attached hydrogens (tertiary/aromatic N) is 2. The van der Waals surface area contributed by atoms with Gasteiger partial charge in [-0.25, -0.2) is 9.59 Å². The zero-order valence-corrected chi connectivity index (χ0v) is 8.68. The molecule has 0 saturated heterocycles. The second kappa shape index (κ2) is 6.06. The third-order valence-corrected chi connectivity index (χ3v) is 1.06.